The Morgan fingerprint density at radius 1 is 1.39 bits per heavy atom. The van der Waals surface area contributed by atoms with Gasteiger partial charge in [-0.05, 0) is 58.4 Å². The lowest BCUT2D eigenvalue weighted by molar-refractivity contribution is -0.115. The third kappa shape index (κ3) is 3.21. The first kappa shape index (κ1) is 13.3. The van der Waals surface area contributed by atoms with E-state index < -0.39 is 0 Å². The summed E-state index contributed by atoms with van der Waals surface area (Å²) >= 11 is 5.09. The Kier molecular flexibility index (Phi) is 4.19. The van der Waals surface area contributed by atoms with Crippen LogP contribution in [-0.4, -0.2) is 5.91 Å². The fourth-order valence-corrected chi connectivity index (χ4v) is 3.31. The Bertz CT molecular complexity index is 540. The molecule has 0 atom stereocenters. The molecule has 1 heterocycles. The van der Waals surface area contributed by atoms with Gasteiger partial charge in [0.15, 0.2) is 0 Å². The molecule has 0 unspecified atom stereocenters. The second kappa shape index (κ2) is 5.67. The molecular weight excluding hydrogens is 310 g/mol. The van der Waals surface area contributed by atoms with Gasteiger partial charge < -0.3 is 5.32 Å². The number of carbonyl (C=O) groups excluding carboxylic acids is 1. The molecule has 1 aromatic carbocycles. The summed E-state index contributed by atoms with van der Waals surface area (Å²) in [6.45, 7) is 4.04. The van der Waals surface area contributed by atoms with E-state index in [4.69, 9.17) is 0 Å². The van der Waals surface area contributed by atoms with Gasteiger partial charge in [-0.2, -0.15) is 0 Å². The molecule has 94 valence electrons. The minimum absolute atomic E-state index is 0.0186. The summed E-state index contributed by atoms with van der Waals surface area (Å²) in [6.07, 6.45) is 0.428. The van der Waals surface area contributed by atoms with Gasteiger partial charge in [0.25, 0.3) is 0 Å². The molecule has 2 aromatic rings. The van der Waals surface area contributed by atoms with E-state index in [0.29, 0.717) is 6.42 Å². The minimum Gasteiger partial charge on any atom is -0.325 e. The van der Waals surface area contributed by atoms with E-state index in [1.807, 2.05) is 37.4 Å². The van der Waals surface area contributed by atoms with Crippen molar-refractivity contribution in [3.05, 3.63) is 50.1 Å². The first-order chi connectivity index (χ1) is 8.56. The highest BCUT2D eigenvalue weighted by Gasteiger charge is 2.10. The van der Waals surface area contributed by atoms with E-state index in [0.717, 1.165) is 20.6 Å². The fraction of sp³-hybridized carbons (Fsp3) is 0.214. The molecule has 2 nitrogen and oxygen atoms in total. The van der Waals surface area contributed by atoms with Crippen LogP contribution in [0.3, 0.4) is 0 Å². The topological polar surface area (TPSA) is 29.1 Å². The molecule has 1 N–H and O–H groups in total. The summed E-state index contributed by atoms with van der Waals surface area (Å²) in [4.78, 5) is 13.0. The van der Waals surface area contributed by atoms with Gasteiger partial charge >= 0.3 is 0 Å². The molecule has 0 spiro atoms. The number of rotatable bonds is 3. The van der Waals surface area contributed by atoms with Crippen molar-refractivity contribution in [3.8, 4) is 0 Å². The number of aryl methyl sites for hydroxylation is 2. The van der Waals surface area contributed by atoms with Gasteiger partial charge in [-0.15, -0.1) is 11.3 Å². The molecule has 0 saturated heterocycles. The van der Waals surface area contributed by atoms with Crippen molar-refractivity contribution in [2.24, 2.45) is 0 Å². The number of halogens is 1. The largest absolute Gasteiger partial charge is 0.325 e. The smallest absolute Gasteiger partial charge is 0.229 e. The maximum absolute atomic E-state index is 11.9. The number of thiophene rings is 1. The Balaban J connectivity index is 2.12. The number of nitrogens with one attached hydrogen (secondary N) is 1. The summed E-state index contributed by atoms with van der Waals surface area (Å²) in [7, 11) is 0. The lowest BCUT2D eigenvalue weighted by Gasteiger charge is -2.11. The van der Waals surface area contributed by atoms with Gasteiger partial charge in [0.2, 0.25) is 5.91 Å². The quantitative estimate of drug-likeness (QED) is 0.896. The number of carbonyl (C=O) groups is 1. The Labute approximate surface area is 119 Å². The van der Waals surface area contributed by atoms with Crippen molar-refractivity contribution in [1.29, 1.82) is 0 Å². The normalized spacial score (nSPS) is 10.4. The van der Waals surface area contributed by atoms with Gasteiger partial charge in [0.1, 0.15) is 0 Å². The summed E-state index contributed by atoms with van der Waals surface area (Å²) in [5.41, 5.74) is 3.11. The molecule has 1 amide bonds. The first-order valence-electron chi connectivity index (χ1n) is 5.65. The van der Waals surface area contributed by atoms with E-state index >= 15 is 0 Å². The lowest BCUT2D eigenvalue weighted by atomic mass is 10.1. The summed E-state index contributed by atoms with van der Waals surface area (Å²) in [5.74, 6) is 0.0186. The van der Waals surface area contributed by atoms with Gasteiger partial charge in [0.05, 0.1) is 12.1 Å². The molecule has 2 rings (SSSR count). The van der Waals surface area contributed by atoms with Crippen molar-refractivity contribution >= 4 is 38.9 Å². The van der Waals surface area contributed by atoms with Crippen molar-refractivity contribution < 1.29 is 4.79 Å². The third-order valence-electron chi connectivity index (χ3n) is 2.61. The zero-order chi connectivity index (χ0) is 13.1. The molecule has 0 aliphatic rings. The Morgan fingerprint density at radius 3 is 2.78 bits per heavy atom. The zero-order valence-corrected chi connectivity index (χ0v) is 12.7. The van der Waals surface area contributed by atoms with Crippen molar-refractivity contribution in [2.45, 2.75) is 20.3 Å². The predicted octanol–water partition coefficient (Wildman–Crippen LogP) is 4.31. The fourth-order valence-electron chi connectivity index (χ4n) is 1.83. The van der Waals surface area contributed by atoms with Crippen LogP contribution in [0.25, 0.3) is 0 Å². The average Bonchev–Trinajstić information content (AvgIpc) is 2.76. The molecule has 0 saturated carbocycles. The molecule has 0 aliphatic heterocycles. The first-order valence-corrected chi connectivity index (χ1v) is 7.32. The maximum atomic E-state index is 11.9. The number of hydrogen-bond acceptors (Lipinski definition) is 2. The molecular formula is C14H14BrNOS. The molecule has 4 heteroatoms. The van der Waals surface area contributed by atoms with Crippen LogP contribution in [0.1, 0.15) is 16.0 Å². The van der Waals surface area contributed by atoms with E-state index in [1.165, 1.54) is 5.56 Å². The van der Waals surface area contributed by atoms with Crippen LogP contribution in [-0.2, 0) is 11.2 Å². The monoisotopic (exact) mass is 323 g/mol. The Hall–Kier alpha value is -1.13. The summed E-state index contributed by atoms with van der Waals surface area (Å²) in [6, 6.07) is 8.00. The molecule has 18 heavy (non-hydrogen) atoms. The minimum atomic E-state index is 0.0186. The lowest BCUT2D eigenvalue weighted by Crippen LogP contribution is -2.15. The van der Waals surface area contributed by atoms with Crippen LogP contribution >= 0.6 is 27.3 Å². The van der Waals surface area contributed by atoms with Crippen molar-refractivity contribution in [1.82, 2.24) is 0 Å². The molecule has 0 aliphatic carbocycles. The zero-order valence-electron chi connectivity index (χ0n) is 10.3. The third-order valence-corrected chi connectivity index (χ3v) is 4.11. The summed E-state index contributed by atoms with van der Waals surface area (Å²) < 4.78 is 0.930. The number of amides is 1. The molecule has 0 radical (unpaired) electrons. The van der Waals surface area contributed by atoms with Crippen LogP contribution in [0, 0.1) is 13.8 Å². The Morgan fingerprint density at radius 2 is 2.17 bits per heavy atom. The molecule has 0 fully saturated rings. The van der Waals surface area contributed by atoms with Gasteiger partial charge in [-0.3, -0.25) is 4.79 Å². The molecule has 1 aromatic heterocycles. The van der Waals surface area contributed by atoms with Crippen molar-refractivity contribution in [3.63, 3.8) is 0 Å². The average molecular weight is 324 g/mol. The van der Waals surface area contributed by atoms with Gasteiger partial charge in [-0.1, -0.05) is 12.1 Å². The number of benzene rings is 1. The second-order valence-corrected chi connectivity index (χ2v) is 6.13. The second-order valence-electron chi connectivity index (χ2n) is 4.24. The highest BCUT2D eigenvalue weighted by molar-refractivity contribution is 9.10. The van der Waals surface area contributed by atoms with Crippen LogP contribution in [0.2, 0.25) is 0 Å². The number of hydrogen-bond donors (Lipinski definition) is 1. The van der Waals surface area contributed by atoms with E-state index in [-0.39, 0.29) is 5.91 Å². The van der Waals surface area contributed by atoms with E-state index in [2.05, 4.69) is 27.3 Å². The predicted molar refractivity (Wildman–Crippen MR) is 80.3 cm³/mol. The highest BCUT2D eigenvalue weighted by Crippen LogP contribution is 2.28. The standard InChI is InChI=1S/C14H14BrNOS/c1-9-6-10(2)14(12(15)7-9)16-13(17)8-11-4-3-5-18-11/h3-7H,8H2,1-2H3,(H,16,17). The van der Waals surface area contributed by atoms with Crippen molar-refractivity contribution in [2.75, 3.05) is 5.32 Å². The van der Waals surface area contributed by atoms with Crippen LogP contribution in [0.15, 0.2) is 34.1 Å². The summed E-state index contributed by atoms with van der Waals surface area (Å²) in [5, 5.41) is 4.95. The van der Waals surface area contributed by atoms with E-state index in [1.54, 1.807) is 11.3 Å². The van der Waals surface area contributed by atoms with Gasteiger partial charge in [-0.25, -0.2) is 0 Å². The van der Waals surface area contributed by atoms with E-state index in [9.17, 15) is 4.79 Å². The van der Waals surface area contributed by atoms with Gasteiger partial charge in [0, 0.05) is 9.35 Å². The number of anilines is 1. The van der Waals surface area contributed by atoms with Crippen LogP contribution in [0.4, 0.5) is 5.69 Å². The maximum Gasteiger partial charge on any atom is 0.229 e. The highest BCUT2D eigenvalue weighted by atomic mass is 79.9. The molecule has 0 bridgehead atoms. The van der Waals surface area contributed by atoms with Crippen LogP contribution < -0.4 is 5.32 Å². The van der Waals surface area contributed by atoms with Crippen LogP contribution in [0.5, 0.6) is 0 Å². The SMILES string of the molecule is Cc1cc(C)c(NC(=O)Cc2cccs2)c(Br)c1.